The Bertz CT molecular complexity index is 919. The minimum atomic E-state index is 0.445. The molecule has 0 saturated carbocycles. The molecule has 6 heteroatoms. The summed E-state index contributed by atoms with van der Waals surface area (Å²) in [4.78, 5) is 4.11. The molecule has 0 saturated heterocycles. The second-order valence-electron chi connectivity index (χ2n) is 6.09. The van der Waals surface area contributed by atoms with Gasteiger partial charge in [-0.05, 0) is 36.4 Å². The fourth-order valence-corrected chi connectivity index (χ4v) is 3.07. The number of anilines is 1. The molecule has 0 amide bonds. The van der Waals surface area contributed by atoms with Crippen molar-refractivity contribution in [2.75, 3.05) is 18.5 Å². The Morgan fingerprint density at radius 1 is 1.07 bits per heavy atom. The first-order valence-corrected chi connectivity index (χ1v) is 9.10. The van der Waals surface area contributed by atoms with E-state index in [0.717, 1.165) is 34.1 Å². The van der Waals surface area contributed by atoms with E-state index >= 15 is 0 Å². The summed E-state index contributed by atoms with van der Waals surface area (Å²) in [7, 11) is 0. The van der Waals surface area contributed by atoms with Gasteiger partial charge in [-0.15, -0.1) is 0 Å². The summed E-state index contributed by atoms with van der Waals surface area (Å²) in [6, 6.07) is 15.3. The molecule has 138 valence electrons. The number of ether oxygens (including phenoxy) is 3. The van der Waals surface area contributed by atoms with E-state index in [0.29, 0.717) is 31.4 Å². The van der Waals surface area contributed by atoms with E-state index in [2.05, 4.69) is 10.3 Å². The van der Waals surface area contributed by atoms with Gasteiger partial charge in [0.25, 0.3) is 0 Å². The van der Waals surface area contributed by atoms with Crippen molar-refractivity contribution in [3.05, 3.63) is 77.1 Å². The third-order valence-corrected chi connectivity index (χ3v) is 4.41. The van der Waals surface area contributed by atoms with Crippen LogP contribution in [0.4, 0.5) is 5.69 Å². The number of hydrogen-bond donors (Lipinski definition) is 1. The van der Waals surface area contributed by atoms with Crippen LogP contribution in [0.5, 0.6) is 17.2 Å². The molecule has 0 radical (unpaired) electrons. The van der Waals surface area contributed by atoms with E-state index in [4.69, 9.17) is 25.8 Å². The molecule has 0 unspecified atom stereocenters. The highest BCUT2D eigenvalue weighted by molar-refractivity contribution is 6.30. The molecule has 0 atom stereocenters. The van der Waals surface area contributed by atoms with Crippen LogP contribution in [0.1, 0.15) is 11.1 Å². The van der Waals surface area contributed by atoms with E-state index in [1.54, 1.807) is 12.4 Å². The number of hydrogen-bond acceptors (Lipinski definition) is 5. The predicted molar refractivity (Wildman–Crippen MR) is 105 cm³/mol. The standard InChI is InChI=1S/C21H19ClN2O3/c22-17-6-7-19(27-14-15-3-2-8-23-12-15)16(11-17)13-24-18-4-1-5-20-21(18)26-10-9-25-20/h1-8,11-12,24H,9-10,13-14H2. The summed E-state index contributed by atoms with van der Waals surface area (Å²) in [6.07, 6.45) is 3.54. The zero-order valence-corrected chi connectivity index (χ0v) is 15.4. The number of benzene rings is 2. The molecular weight excluding hydrogens is 364 g/mol. The molecule has 0 bridgehead atoms. The smallest absolute Gasteiger partial charge is 0.184 e. The summed E-state index contributed by atoms with van der Waals surface area (Å²) < 4.78 is 17.4. The molecule has 1 aliphatic rings. The second kappa shape index (κ2) is 8.18. The Labute approximate surface area is 162 Å². The van der Waals surface area contributed by atoms with Crippen molar-refractivity contribution in [2.45, 2.75) is 13.2 Å². The molecule has 2 heterocycles. The summed E-state index contributed by atoms with van der Waals surface area (Å²) >= 11 is 6.19. The van der Waals surface area contributed by atoms with E-state index < -0.39 is 0 Å². The highest BCUT2D eigenvalue weighted by Gasteiger charge is 2.16. The third kappa shape index (κ3) is 4.26. The summed E-state index contributed by atoms with van der Waals surface area (Å²) in [5.74, 6) is 2.27. The Hall–Kier alpha value is -2.92. The summed E-state index contributed by atoms with van der Waals surface area (Å²) in [6.45, 7) is 2.10. The summed E-state index contributed by atoms with van der Waals surface area (Å²) in [5.41, 5.74) is 2.85. The molecular formula is C21H19ClN2O3. The van der Waals surface area contributed by atoms with Gasteiger partial charge < -0.3 is 19.5 Å². The number of pyridine rings is 1. The van der Waals surface area contributed by atoms with Gasteiger partial charge in [0.2, 0.25) is 0 Å². The normalized spacial score (nSPS) is 12.5. The second-order valence-corrected chi connectivity index (χ2v) is 6.52. The highest BCUT2D eigenvalue weighted by Crippen LogP contribution is 2.37. The third-order valence-electron chi connectivity index (χ3n) is 4.18. The summed E-state index contributed by atoms with van der Waals surface area (Å²) in [5, 5.41) is 4.06. The van der Waals surface area contributed by atoms with Gasteiger partial charge in [0.05, 0.1) is 5.69 Å². The number of nitrogens with zero attached hydrogens (tertiary/aromatic N) is 1. The molecule has 0 fully saturated rings. The predicted octanol–water partition coefficient (Wildman–Crippen LogP) is 4.70. The Morgan fingerprint density at radius 2 is 2.00 bits per heavy atom. The van der Waals surface area contributed by atoms with Gasteiger partial charge in [0.15, 0.2) is 11.5 Å². The van der Waals surface area contributed by atoms with Crippen LogP contribution in [0.15, 0.2) is 60.9 Å². The zero-order chi connectivity index (χ0) is 18.5. The van der Waals surface area contributed by atoms with Crippen molar-refractivity contribution in [2.24, 2.45) is 0 Å². The van der Waals surface area contributed by atoms with Crippen LogP contribution < -0.4 is 19.5 Å². The molecule has 1 aliphatic heterocycles. The average Bonchev–Trinajstić information content (AvgIpc) is 2.72. The van der Waals surface area contributed by atoms with Crippen molar-refractivity contribution >= 4 is 17.3 Å². The topological polar surface area (TPSA) is 52.6 Å². The van der Waals surface area contributed by atoms with Gasteiger partial charge in [0, 0.05) is 35.1 Å². The monoisotopic (exact) mass is 382 g/mol. The molecule has 0 aliphatic carbocycles. The van der Waals surface area contributed by atoms with E-state index in [9.17, 15) is 0 Å². The number of halogens is 1. The first kappa shape index (κ1) is 17.5. The lowest BCUT2D eigenvalue weighted by Gasteiger charge is -2.21. The van der Waals surface area contributed by atoms with Crippen molar-refractivity contribution in [3.63, 3.8) is 0 Å². The molecule has 2 aromatic carbocycles. The number of aromatic nitrogens is 1. The van der Waals surface area contributed by atoms with Crippen molar-refractivity contribution in [1.29, 1.82) is 0 Å². The lowest BCUT2D eigenvalue weighted by atomic mass is 10.2. The van der Waals surface area contributed by atoms with Crippen LogP contribution in [0.25, 0.3) is 0 Å². The maximum Gasteiger partial charge on any atom is 0.184 e. The van der Waals surface area contributed by atoms with Crippen molar-refractivity contribution in [3.8, 4) is 17.2 Å². The molecule has 1 N–H and O–H groups in total. The van der Waals surface area contributed by atoms with Gasteiger partial charge in [-0.3, -0.25) is 4.98 Å². The van der Waals surface area contributed by atoms with Crippen LogP contribution in [0, 0.1) is 0 Å². The van der Waals surface area contributed by atoms with Crippen LogP contribution in [-0.2, 0) is 13.2 Å². The Kier molecular flexibility index (Phi) is 5.30. The molecule has 5 nitrogen and oxygen atoms in total. The van der Waals surface area contributed by atoms with Crippen molar-refractivity contribution in [1.82, 2.24) is 4.98 Å². The highest BCUT2D eigenvalue weighted by atomic mass is 35.5. The van der Waals surface area contributed by atoms with E-state index in [1.165, 1.54) is 0 Å². The van der Waals surface area contributed by atoms with Crippen LogP contribution in [0.3, 0.4) is 0 Å². The SMILES string of the molecule is Clc1ccc(OCc2cccnc2)c(CNc2cccc3c2OCCO3)c1. The van der Waals surface area contributed by atoms with Gasteiger partial charge in [-0.2, -0.15) is 0 Å². The molecule has 27 heavy (non-hydrogen) atoms. The van der Waals surface area contributed by atoms with Crippen LogP contribution >= 0.6 is 11.6 Å². The van der Waals surface area contributed by atoms with Crippen molar-refractivity contribution < 1.29 is 14.2 Å². The van der Waals surface area contributed by atoms with E-state index in [-0.39, 0.29) is 0 Å². The lowest BCUT2D eigenvalue weighted by molar-refractivity contribution is 0.172. The maximum atomic E-state index is 6.19. The Balaban J connectivity index is 1.49. The van der Waals surface area contributed by atoms with Crippen LogP contribution in [0.2, 0.25) is 5.02 Å². The minimum absolute atomic E-state index is 0.445. The number of para-hydroxylation sites is 1. The largest absolute Gasteiger partial charge is 0.488 e. The van der Waals surface area contributed by atoms with Gasteiger partial charge >= 0.3 is 0 Å². The average molecular weight is 383 g/mol. The maximum absolute atomic E-state index is 6.19. The Morgan fingerprint density at radius 3 is 2.89 bits per heavy atom. The van der Waals surface area contributed by atoms with Gasteiger partial charge in [-0.1, -0.05) is 23.7 Å². The van der Waals surface area contributed by atoms with Gasteiger partial charge in [0.1, 0.15) is 25.6 Å². The first-order chi connectivity index (χ1) is 13.3. The fourth-order valence-electron chi connectivity index (χ4n) is 2.87. The molecule has 3 aromatic rings. The zero-order valence-electron chi connectivity index (χ0n) is 14.7. The molecule has 4 rings (SSSR count). The van der Waals surface area contributed by atoms with Crippen LogP contribution in [-0.4, -0.2) is 18.2 Å². The number of nitrogens with one attached hydrogen (secondary N) is 1. The lowest BCUT2D eigenvalue weighted by Crippen LogP contribution is -2.16. The van der Waals surface area contributed by atoms with E-state index in [1.807, 2.05) is 48.5 Å². The quantitative estimate of drug-likeness (QED) is 0.669. The van der Waals surface area contributed by atoms with Gasteiger partial charge in [-0.25, -0.2) is 0 Å². The first-order valence-electron chi connectivity index (χ1n) is 8.72. The minimum Gasteiger partial charge on any atom is -0.488 e. The molecule has 1 aromatic heterocycles. The number of fused-ring (bicyclic) bond motifs is 1. The molecule has 0 spiro atoms. The fraction of sp³-hybridized carbons (Fsp3) is 0.190. The number of rotatable bonds is 6.